The Morgan fingerprint density at radius 2 is 1.71 bits per heavy atom. The van der Waals surface area contributed by atoms with E-state index in [0.717, 1.165) is 25.1 Å². The summed E-state index contributed by atoms with van der Waals surface area (Å²) in [5.74, 6) is -1.05. The number of benzene rings is 1. The molecule has 0 heterocycles. The van der Waals surface area contributed by atoms with Crippen LogP contribution in [0.25, 0.3) is 0 Å². The first-order valence-electron chi connectivity index (χ1n) is 7.24. The van der Waals surface area contributed by atoms with Gasteiger partial charge in [-0.3, -0.25) is 9.59 Å². The zero-order chi connectivity index (χ0) is 15.8. The van der Waals surface area contributed by atoms with Crippen LogP contribution in [0.3, 0.4) is 0 Å². The summed E-state index contributed by atoms with van der Waals surface area (Å²) in [7, 11) is 3.65. The van der Waals surface area contributed by atoms with Crippen molar-refractivity contribution in [2.75, 3.05) is 32.1 Å². The fourth-order valence-corrected chi connectivity index (χ4v) is 1.97. The second kappa shape index (κ2) is 8.29. The van der Waals surface area contributed by atoms with Crippen LogP contribution in [0.5, 0.6) is 0 Å². The predicted molar refractivity (Wildman–Crippen MR) is 83.8 cm³/mol. The van der Waals surface area contributed by atoms with Crippen LogP contribution >= 0.6 is 0 Å². The molecule has 0 aliphatic rings. The number of carbonyl (C=O) groups excluding carboxylic acids is 1. The van der Waals surface area contributed by atoms with E-state index in [1.54, 1.807) is 19.2 Å². The van der Waals surface area contributed by atoms with E-state index in [9.17, 15) is 9.59 Å². The van der Waals surface area contributed by atoms with Gasteiger partial charge in [-0.05, 0) is 30.7 Å². The Balaban J connectivity index is 2.64. The Morgan fingerprint density at radius 1 is 1.10 bits per heavy atom. The van der Waals surface area contributed by atoms with Gasteiger partial charge in [-0.2, -0.15) is 0 Å². The van der Waals surface area contributed by atoms with Gasteiger partial charge in [-0.1, -0.05) is 13.3 Å². The Hall–Kier alpha value is -2.04. The lowest BCUT2D eigenvalue weighted by molar-refractivity contribution is -0.137. The molecule has 1 N–H and O–H groups in total. The second-order valence-electron chi connectivity index (χ2n) is 5.19. The number of carboxylic acid groups (broad SMARTS) is 1. The number of nitrogens with zero attached hydrogens (tertiary/aromatic N) is 2. The molecule has 5 nitrogen and oxygen atoms in total. The molecule has 1 aromatic rings. The third kappa shape index (κ3) is 5.45. The van der Waals surface area contributed by atoms with Crippen molar-refractivity contribution in [3.63, 3.8) is 0 Å². The van der Waals surface area contributed by atoms with E-state index >= 15 is 0 Å². The number of amides is 1. The van der Waals surface area contributed by atoms with Gasteiger partial charge in [0.1, 0.15) is 0 Å². The Morgan fingerprint density at radius 3 is 2.24 bits per heavy atom. The van der Waals surface area contributed by atoms with E-state index in [2.05, 4.69) is 11.8 Å². The van der Waals surface area contributed by atoms with Crippen LogP contribution in [0.1, 0.15) is 36.5 Å². The topological polar surface area (TPSA) is 60.9 Å². The second-order valence-corrected chi connectivity index (χ2v) is 5.19. The van der Waals surface area contributed by atoms with Gasteiger partial charge in [0.05, 0.1) is 6.42 Å². The summed E-state index contributed by atoms with van der Waals surface area (Å²) in [6, 6.07) is 7.43. The zero-order valence-corrected chi connectivity index (χ0v) is 13.0. The number of hydrogen-bond donors (Lipinski definition) is 1. The molecule has 5 heteroatoms. The number of aliphatic carboxylic acids is 1. The van der Waals surface area contributed by atoms with Crippen molar-refractivity contribution in [3.8, 4) is 0 Å². The lowest BCUT2D eigenvalue weighted by Gasteiger charge is -2.20. The van der Waals surface area contributed by atoms with E-state index in [4.69, 9.17) is 5.11 Å². The van der Waals surface area contributed by atoms with Crippen LogP contribution in [0.15, 0.2) is 24.3 Å². The maximum absolute atomic E-state index is 12.1. The summed E-state index contributed by atoms with van der Waals surface area (Å²) in [6.07, 6.45) is 2.24. The fourth-order valence-electron chi connectivity index (χ4n) is 1.97. The highest BCUT2D eigenvalue weighted by Gasteiger charge is 2.13. The summed E-state index contributed by atoms with van der Waals surface area (Å²) in [5, 5.41) is 8.64. The average Bonchev–Trinajstić information content (AvgIpc) is 2.49. The van der Waals surface area contributed by atoms with Crippen LogP contribution in [0.4, 0.5) is 5.69 Å². The molecule has 0 bridgehead atoms. The average molecular weight is 292 g/mol. The molecule has 0 aliphatic heterocycles. The van der Waals surface area contributed by atoms with Crippen LogP contribution in [0, 0.1) is 0 Å². The van der Waals surface area contributed by atoms with Gasteiger partial charge in [0.25, 0.3) is 5.91 Å². The van der Waals surface area contributed by atoms with Gasteiger partial charge >= 0.3 is 5.97 Å². The Labute approximate surface area is 126 Å². The summed E-state index contributed by atoms with van der Waals surface area (Å²) in [4.78, 5) is 26.2. The number of hydrogen-bond acceptors (Lipinski definition) is 3. The van der Waals surface area contributed by atoms with Crippen LogP contribution < -0.4 is 4.90 Å². The number of carboxylic acids is 1. The minimum Gasteiger partial charge on any atom is -0.481 e. The van der Waals surface area contributed by atoms with Gasteiger partial charge in [-0.25, -0.2) is 0 Å². The molecule has 1 amide bonds. The molecule has 0 fully saturated rings. The van der Waals surface area contributed by atoms with Crippen molar-refractivity contribution >= 4 is 17.6 Å². The van der Waals surface area contributed by atoms with E-state index in [1.807, 2.05) is 19.2 Å². The number of unbranched alkanes of at least 4 members (excludes halogenated alkanes) is 1. The molecule has 0 aliphatic carbocycles. The van der Waals surface area contributed by atoms with Crippen molar-refractivity contribution in [3.05, 3.63) is 29.8 Å². The maximum atomic E-state index is 12.1. The highest BCUT2D eigenvalue weighted by Crippen LogP contribution is 2.15. The standard InChI is InChI=1S/C16H24N2O3/c1-4-5-11-17(2)14-8-6-13(7-9-14)16(21)18(3)12-10-15(19)20/h6-9H,4-5,10-12H2,1-3H3,(H,19,20). The summed E-state index contributed by atoms with van der Waals surface area (Å²) in [5.41, 5.74) is 1.66. The highest BCUT2D eigenvalue weighted by atomic mass is 16.4. The smallest absolute Gasteiger partial charge is 0.305 e. The third-order valence-corrected chi connectivity index (χ3v) is 3.41. The number of carbonyl (C=O) groups is 2. The molecule has 21 heavy (non-hydrogen) atoms. The molecule has 0 spiro atoms. The first-order chi connectivity index (χ1) is 9.95. The fraction of sp³-hybridized carbons (Fsp3) is 0.500. The van der Waals surface area contributed by atoms with Crippen LogP contribution in [-0.2, 0) is 4.79 Å². The zero-order valence-electron chi connectivity index (χ0n) is 13.0. The molecule has 0 unspecified atom stereocenters. The highest BCUT2D eigenvalue weighted by molar-refractivity contribution is 5.94. The van der Waals surface area contributed by atoms with Crippen molar-refractivity contribution in [2.45, 2.75) is 26.2 Å². The van der Waals surface area contributed by atoms with Crippen LogP contribution in [0.2, 0.25) is 0 Å². The lowest BCUT2D eigenvalue weighted by atomic mass is 10.1. The predicted octanol–water partition coefficient (Wildman–Crippen LogP) is 2.47. The molecule has 1 rings (SSSR count). The molecule has 0 radical (unpaired) electrons. The monoisotopic (exact) mass is 292 g/mol. The number of anilines is 1. The SMILES string of the molecule is CCCCN(C)c1ccc(C(=O)N(C)CCC(=O)O)cc1. The minimum atomic E-state index is -0.900. The largest absolute Gasteiger partial charge is 0.481 e. The third-order valence-electron chi connectivity index (χ3n) is 3.41. The molecular formula is C16H24N2O3. The molecule has 1 aromatic carbocycles. The van der Waals surface area contributed by atoms with Gasteiger partial charge in [0.15, 0.2) is 0 Å². The van der Waals surface area contributed by atoms with Gasteiger partial charge < -0.3 is 14.9 Å². The van der Waals surface area contributed by atoms with Crippen LogP contribution in [-0.4, -0.2) is 49.1 Å². The first-order valence-corrected chi connectivity index (χ1v) is 7.24. The van der Waals surface area contributed by atoms with Gasteiger partial charge in [0, 0.05) is 38.4 Å². The molecule has 0 aromatic heterocycles. The Bertz CT molecular complexity index is 471. The maximum Gasteiger partial charge on any atom is 0.305 e. The molecule has 0 atom stereocenters. The van der Waals surface area contributed by atoms with E-state index in [1.165, 1.54) is 4.90 Å². The van der Waals surface area contributed by atoms with E-state index in [-0.39, 0.29) is 18.9 Å². The van der Waals surface area contributed by atoms with Gasteiger partial charge in [0.2, 0.25) is 0 Å². The lowest BCUT2D eigenvalue weighted by Crippen LogP contribution is -2.29. The van der Waals surface area contributed by atoms with E-state index in [0.29, 0.717) is 5.56 Å². The minimum absolute atomic E-state index is 0.0416. The summed E-state index contributed by atoms with van der Waals surface area (Å²) < 4.78 is 0. The van der Waals surface area contributed by atoms with Crippen molar-refractivity contribution < 1.29 is 14.7 Å². The Kier molecular flexibility index (Phi) is 6.72. The van der Waals surface area contributed by atoms with Crippen molar-refractivity contribution in [1.29, 1.82) is 0 Å². The molecular weight excluding hydrogens is 268 g/mol. The summed E-state index contributed by atoms with van der Waals surface area (Å²) >= 11 is 0. The molecule has 0 saturated heterocycles. The van der Waals surface area contributed by atoms with E-state index < -0.39 is 5.97 Å². The molecule has 0 saturated carbocycles. The quantitative estimate of drug-likeness (QED) is 0.799. The number of rotatable bonds is 8. The summed E-state index contributed by atoms with van der Waals surface area (Å²) in [6.45, 7) is 3.36. The van der Waals surface area contributed by atoms with Gasteiger partial charge in [-0.15, -0.1) is 0 Å². The molecule has 116 valence electrons. The van der Waals surface area contributed by atoms with Crippen molar-refractivity contribution in [2.24, 2.45) is 0 Å². The first kappa shape index (κ1) is 17.0. The van der Waals surface area contributed by atoms with Crippen molar-refractivity contribution in [1.82, 2.24) is 4.90 Å². The normalized spacial score (nSPS) is 10.2.